The highest BCUT2D eigenvalue weighted by Gasteiger charge is 2.19. The first-order valence-corrected chi connectivity index (χ1v) is 9.96. The Hall–Kier alpha value is -2.01. The number of hydrogen-bond acceptors (Lipinski definition) is 4. The Morgan fingerprint density at radius 3 is 2.45 bits per heavy atom. The monoisotopic (exact) mass is 285 g/mol. The standard InChI is InChI=1S/C15H19N3OSi/c1-12-7-5-8-13(15(12)19-20(2,3)4)18-11-14-16-9-6-10-17-14/h5-11H,1-4H3/b18-11+. The summed E-state index contributed by atoms with van der Waals surface area (Å²) in [6.45, 7) is 8.52. The predicted octanol–water partition coefficient (Wildman–Crippen LogP) is 3.75. The van der Waals surface area contributed by atoms with Crippen LogP contribution in [0.15, 0.2) is 41.7 Å². The van der Waals surface area contributed by atoms with Gasteiger partial charge in [0.15, 0.2) is 5.82 Å². The summed E-state index contributed by atoms with van der Waals surface area (Å²) in [5.41, 5.74) is 1.91. The van der Waals surface area contributed by atoms with Crippen LogP contribution >= 0.6 is 0 Å². The van der Waals surface area contributed by atoms with Gasteiger partial charge in [-0.1, -0.05) is 12.1 Å². The van der Waals surface area contributed by atoms with Gasteiger partial charge in [0.1, 0.15) is 11.4 Å². The molecule has 0 saturated carbocycles. The van der Waals surface area contributed by atoms with Gasteiger partial charge in [-0.15, -0.1) is 0 Å². The summed E-state index contributed by atoms with van der Waals surface area (Å²) in [5, 5.41) is 0. The molecule has 0 amide bonds. The van der Waals surface area contributed by atoms with Crippen molar-refractivity contribution in [2.75, 3.05) is 0 Å². The maximum Gasteiger partial charge on any atom is 0.242 e. The number of hydrogen-bond donors (Lipinski definition) is 0. The fourth-order valence-electron chi connectivity index (χ4n) is 1.68. The molecule has 0 spiro atoms. The van der Waals surface area contributed by atoms with Crippen LogP contribution in [-0.2, 0) is 0 Å². The Kier molecular flexibility index (Phi) is 4.29. The van der Waals surface area contributed by atoms with Crippen LogP contribution in [0, 0.1) is 6.92 Å². The highest BCUT2D eigenvalue weighted by Crippen LogP contribution is 2.32. The predicted molar refractivity (Wildman–Crippen MR) is 84.4 cm³/mol. The zero-order chi connectivity index (χ0) is 14.6. The van der Waals surface area contributed by atoms with Crippen LogP contribution in [0.3, 0.4) is 0 Å². The van der Waals surface area contributed by atoms with Crippen molar-refractivity contribution in [1.29, 1.82) is 0 Å². The molecule has 0 fully saturated rings. The lowest BCUT2D eigenvalue weighted by Crippen LogP contribution is -2.29. The van der Waals surface area contributed by atoms with Crippen LogP contribution in [0.1, 0.15) is 11.4 Å². The van der Waals surface area contributed by atoms with Crippen LogP contribution < -0.4 is 4.43 Å². The maximum atomic E-state index is 6.14. The molecule has 1 heterocycles. The van der Waals surface area contributed by atoms with E-state index >= 15 is 0 Å². The third-order valence-electron chi connectivity index (χ3n) is 2.50. The smallest absolute Gasteiger partial charge is 0.242 e. The average Bonchev–Trinajstić information content (AvgIpc) is 2.39. The van der Waals surface area contributed by atoms with E-state index in [1.807, 2.05) is 25.1 Å². The van der Waals surface area contributed by atoms with Gasteiger partial charge in [0.05, 0.1) is 6.21 Å². The molecule has 104 valence electrons. The molecule has 0 N–H and O–H groups in total. The van der Waals surface area contributed by atoms with Gasteiger partial charge in [0.2, 0.25) is 8.32 Å². The molecule has 0 atom stereocenters. The van der Waals surface area contributed by atoms with E-state index < -0.39 is 8.32 Å². The number of nitrogens with zero attached hydrogens (tertiary/aromatic N) is 3. The van der Waals surface area contributed by atoms with Crippen LogP contribution in [0.2, 0.25) is 19.6 Å². The number of rotatable bonds is 4. The number of aryl methyl sites for hydroxylation is 1. The molecule has 0 unspecified atom stereocenters. The minimum atomic E-state index is -1.67. The van der Waals surface area contributed by atoms with E-state index in [-0.39, 0.29) is 0 Å². The third-order valence-corrected chi connectivity index (χ3v) is 3.32. The first-order valence-electron chi connectivity index (χ1n) is 6.55. The van der Waals surface area contributed by atoms with Gasteiger partial charge in [-0.2, -0.15) is 0 Å². The number of aliphatic imine (C=N–C) groups is 1. The summed E-state index contributed by atoms with van der Waals surface area (Å²) in [5.74, 6) is 1.45. The normalized spacial score (nSPS) is 11.8. The van der Waals surface area contributed by atoms with E-state index in [4.69, 9.17) is 4.43 Å². The Morgan fingerprint density at radius 1 is 1.10 bits per heavy atom. The average molecular weight is 285 g/mol. The van der Waals surface area contributed by atoms with Crippen molar-refractivity contribution >= 4 is 20.2 Å². The Bertz CT molecular complexity index is 606. The molecule has 4 nitrogen and oxygen atoms in total. The van der Waals surface area contributed by atoms with E-state index in [1.54, 1.807) is 24.7 Å². The number of aromatic nitrogens is 2. The fourth-order valence-corrected chi connectivity index (χ4v) is 2.56. The van der Waals surface area contributed by atoms with Gasteiger partial charge in [-0.3, -0.25) is 0 Å². The molecular weight excluding hydrogens is 266 g/mol. The highest BCUT2D eigenvalue weighted by molar-refractivity contribution is 6.70. The molecule has 0 saturated heterocycles. The molecule has 2 aromatic rings. The van der Waals surface area contributed by atoms with Gasteiger partial charge < -0.3 is 4.43 Å². The van der Waals surface area contributed by atoms with Crippen molar-refractivity contribution in [3.63, 3.8) is 0 Å². The largest absolute Gasteiger partial charge is 0.543 e. The Morgan fingerprint density at radius 2 is 1.80 bits per heavy atom. The van der Waals surface area contributed by atoms with Crippen LogP contribution in [0.25, 0.3) is 0 Å². The second-order valence-electron chi connectivity index (χ2n) is 5.50. The molecule has 2 rings (SSSR count). The molecular formula is C15H19N3OSi. The molecule has 0 radical (unpaired) electrons. The van der Waals surface area contributed by atoms with Crippen molar-refractivity contribution in [3.05, 3.63) is 48.0 Å². The summed E-state index contributed by atoms with van der Waals surface area (Å²) in [6, 6.07) is 7.74. The van der Waals surface area contributed by atoms with Crippen LogP contribution in [-0.4, -0.2) is 24.5 Å². The van der Waals surface area contributed by atoms with Gasteiger partial charge in [0.25, 0.3) is 0 Å². The topological polar surface area (TPSA) is 47.4 Å². The molecule has 0 bridgehead atoms. The van der Waals surface area contributed by atoms with Crippen molar-refractivity contribution in [3.8, 4) is 5.75 Å². The van der Waals surface area contributed by atoms with E-state index in [0.29, 0.717) is 5.82 Å². The summed E-state index contributed by atoms with van der Waals surface area (Å²) in [6.07, 6.45) is 5.06. The molecule has 5 heteroatoms. The van der Waals surface area contributed by atoms with E-state index in [9.17, 15) is 0 Å². The van der Waals surface area contributed by atoms with Crippen molar-refractivity contribution in [2.24, 2.45) is 4.99 Å². The van der Waals surface area contributed by atoms with Crippen molar-refractivity contribution in [2.45, 2.75) is 26.6 Å². The van der Waals surface area contributed by atoms with Crippen molar-refractivity contribution < 1.29 is 4.43 Å². The van der Waals surface area contributed by atoms with E-state index in [1.165, 1.54) is 0 Å². The Balaban J connectivity index is 2.32. The van der Waals surface area contributed by atoms with E-state index in [0.717, 1.165) is 17.0 Å². The number of para-hydroxylation sites is 1. The zero-order valence-electron chi connectivity index (χ0n) is 12.3. The van der Waals surface area contributed by atoms with Gasteiger partial charge in [-0.05, 0) is 44.3 Å². The molecule has 1 aromatic carbocycles. The fraction of sp³-hybridized carbons (Fsp3) is 0.267. The van der Waals surface area contributed by atoms with Gasteiger partial charge >= 0.3 is 0 Å². The maximum absolute atomic E-state index is 6.14. The van der Waals surface area contributed by atoms with E-state index in [2.05, 4.69) is 34.6 Å². The first-order chi connectivity index (χ1) is 9.46. The number of benzene rings is 1. The first kappa shape index (κ1) is 14.4. The lowest BCUT2D eigenvalue weighted by atomic mass is 10.2. The Labute approximate surface area is 120 Å². The SMILES string of the molecule is Cc1cccc(/N=C/c2ncccn2)c1O[Si](C)(C)C. The lowest BCUT2D eigenvalue weighted by molar-refractivity contribution is 0.554. The van der Waals surface area contributed by atoms with Crippen LogP contribution in [0.4, 0.5) is 5.69 Å². The summed E-state index contributed by atoms with van der Waals surface area (Å²) < 4.78 is 6.14. The third kappa shape index (κ3) is 3.99. The molecule has 0 aliphatic rings. The summed E-state index contributed by atoms with van der Waals surface area (Å²) >= 11 is 0. The van der Waals surface area contributed by atoms with Gasteiger partial charge in [-0.25, -0.2) is 15.0 Å². The second-order valence-corrected chi connectivity index (χ2v) is 9.93. The molecule has 20 heavy (non-hydrogen) atoms. The minimum Gasteiger partial charge on any atom is -0.543 e. The second kappa shape index (κ2) is 5.96. The highest BCUT2D eigenvalue weighted by atomic mass is 28.4. The molecule has 0 aliphatic heterocycles. The summed E-state index contributed by atoms with van der Waals surface area (Å²) in [7, 11) is -1.67. The van der Waals surface area contributed by atoms with Gasteiger partial charge in [0, 0.05) is 12.4 Å². The zero-order valence-corrected chi connectivity index (χ0v) is 13.3. The molecule has 0 aliphatic carbocycles. The van der Waals surface area contributed by atoms with Crippen LogP contribution in [0.5, 0.6) is 5.75 Å². The summed E-state index contributed by atoms with van der Waals surface area (Å²) in [4.78, 5) is 12.7. The quantitative estimate of drug-likeness (QED) is 0.635. The van der Waals surface area contributed by atoms with Crippen molar-refractivity contribution in [1.82, 2.24) is 9.97 Å². The minimum absolute atomic E-state index is 0.591. The molecule has 1 aromatic heterocycles. The lowest BCUT2D eigenvalue weighted by Gasteiger charge is -2.22.